The summed E-state index contributed by atoms with van der Waals surface area (Å²) in [5, 5.41) is 0.619. The molecule has 1 N–H and O–H groups in total. The van der Waals surface area contributed by atoms with Crippen LogP contribution >= 0.6 is 22.9 Å². The van der Waals surface area contributed by atoms with Crippen LogP contribution in [0.3, 0.4) is 0 Å². The van der Waals surface area contributed by atoms with E-state index in [1.807, 2.05) is 12.1 Å². The first-order valence-electron chi connectivity index (χ1n) is 9.76. The molecule has 4 rings (SSSR count). The average molecular weight is 481 g/mol. The van der Waals surface area contributed by atoms with Crippen LogP contribution in [0.5, 0.6) is 0 Å². The van der Waals surface area contributed by atoms with Crippen molar-refractivity contribution < 1.29 is 22.7 Å². The molecule has 1 aromatic carbocycles. The molecule has 0 bridgehead atoms. The summed E-state index contributed by atoms with van der Waals surface area (Å²) in [7, 11) is -2.59. The third-order valence-corrected chi connectivity index (χ3v) is 8.66. The summed E-state index contributed by atoms with van der Waals surface area (Å²) in [6.07, 6.45) is 5.16. The van der Waals surface area contributed by atoms with Gasteiger partial charge in [-0.05, 0) is 48.6 Å². The van der Waals surface area contributed by atoms with Crippen LogP contribution in [0, 0.1) is 0 Å². The Bertz CT molecular complexity index is 1150. The Kier molecular flexibility index (Phi) is 6.20. The molecule has 1 saturated carbocycles. The number of ether oxygens (including phenoxy) is 1. The minimum atomic E-state index is -3.82. The Morgan fingerprint density at radius 2 is 1.97 bits per heavy atom. The number of hydrogen-bond donors (Lipinski definition) is 1. The zero-order valence-electron chi connectivity index (χ0n) is 16.8. The molecule has 1 aliphatic carbocycles. The van der Waals surface area contributed by atoms with Gasteiger partial charge in [-0.1, -0.05) is 23.7 Å². The van der Waals surface area contributed by atoms with Gasteiger partial charge in [-0.25, -0.2) is 17.9 Å². The molecule has 2 aliphatic rings. The van der Waals surface area contributed by atoms with Crippen LogP contribution in [0.15, 0.2) is 34.6 Å². The van der Waals surface area contributed by atoms with Crippen LogP contribution < -0.4 is 4.72 Å². The molecule has 0 spiro atoms. The number of carbonyl (C=O) groups is 2. The minimum absolute atomic E-state index is 0.0257. The molecule has 7 nitrogen and oxygen atoms in total. The van der Waals surface area contributed by atoms with Gasteiger partial charge in [0.1, 0.15) is 4.21 Å². The number of nitrogens with one attached hydrogen (secondary N) is 1. The van der Waals surface area contributed by atoms with E-state index in [9.17, 15) is 18.0 Å². The van der Waals surface area contributed by atoms with Gasteiger partial charge < -0.3 is 9.64 Å². The van der Waals surface area contributed by atoms with Crippen LogP contribution in [0.25, 0.3) is 6.08 Å². The minimum Gasteiger partial charge on any atom is -0.465 e. The number of carbonyl (C=O) groups excluding carboxylic acids is 2. The highest BCUT2D eigenvalue weighted by molar-refractivity contribution is 7.91. The fraction of sp³-hybridized carbons (Fsp3) is 0.333. The summed E-state index contributed by atoms with van der Waals surface area (Å²) in [4.78, 5) is 27.4. The number of amides is 1. The van der Waals surface area contributed by atoms with Gasteiger partial charge in [0, 0.05) is 28.6 Å². The van der Waals surface area contributed by atoms with E-state index in [-0.39, 0.29) is 28.3 Å². The van der Waals surface area contributed by atoms with E-state index >= 15 is 0 Å². The smallest absolute Gasteiger partial charge is 0.340 e. The monoisotopic (exact) mass is 480 g/mol. The van der Waals surface area contributed by atoms with E-state index in [0.717, 1.165) is 29.7 Å². The first-order chi connectivity index (χ1) is 14.8. The van der Waals surface area contributed by atoms with Crippen molar-refractivity contribution in [3.8, 4) is 0 Å². The summed E-state index contributed by atoms with van der Waals surface area (Å²) in [6, 6.07) is 7.04. The second kappa shape index (κ2) is 8.74. The van der Waals surface area contributed by atoms with Gasteiger partial charge in [0.25, 0.3) is 10.0 Å². The fourth-order valence-corrected chi connectivity index (χ4v) is 6.73. The molecule has 0 atom stereocenters. The quantitative estimate of drug-likeness (QED) is 0.506. The topological polar surface area (TPSA) is 92.8 Å². The van der Waals surface area contributed by atoms with Crippen molar-refractivity contribution in [2.45, 2.75) is 36.1 Å². The van der Waals surface area contributed by atoms with Crippen LogP contribution in [-0.4, -0.2) is 44.9 Å². The van der Waals surface area contributed by atoms with Crippen LogP contribution in [-0.2, 0) is 32.5 Å². The molecule has 0 radical (unpaired) electrons. The van der Waals surface area contributed by atoms with E-state index in [1.54, 1.807) is 23.1 Å². The van der Waals surface area contributed by atoms with Gasteiger partial charge in [-0.2, -0.15) is 0 Å². The molecule has 2 aromatic rings. The number of benzene rings is 1. The van der Waals surface area contributed by atoms with Crippen molar-refractivity contribution in [3.05, 3.63) is 56.9 Å². The van der Waals surface area contributed by atoms with Gasteiger partial charge >= 0.3 is 5.97 Å². The average Bonchev–Trinajstić information content (AvgIpc) is 3.47. The lowest BCUT2D eigenvalue weighted by molar-refractivity contribution is -0.126. The van der Waals surface area contributed by atoms with Crippen LogP contribution in [0.4, 0.5) is 0 Å². The number of sulfonamides is 1. The lowest BCUT2D eigenvalue weighted by atomic mass is 10.0. The van der Waals surface area contributed by atoms with Crippen molar-refractivity contribution in [2.24, 2.45) is 0 Å². The Morgan fingerprint density at radius 3 is 2.61 bits per heavy atom. The number of hydrogen-bond acceptors (Lipinski definition) is 6. The van der Waals surface area contributed by atoms with Gasteiger partial charge in [0.2, 0.25) is 5.91 Å². The standard InChI is InChI=1S/C21H21ClN2O5S2/c1-29-20(26)19-16-10-11-24(18(25)9-4-13-2-5-14(22)6-3-13)12-17(16)30-21(19)31(27,28)23-15-7-8-15/h2-6,9,15,23H,7-8,10-12H2,1H3/b9-4+. The highest BCUT2D eigenvalue weighted by Crippen LogP contribution is 2.37. The highest BCUT2D eigenvalue weighted by atomic mass is 35.5. The first-order valence-corrected chi connectivity index (χ1v) is 12.4. The lowest BCUT2D eigenvalue weighted by Gasteiger charge is -2.26. The predicted octanol–water partition coefficient (Wildman–Crippen LogP) is 3.23. The third kappa shape index (κ3) is 4.85. The third-order valence-electron chi connectivity index (χ3n) is 5.16. The van der Waals surface area contributed by atoms with Crippen LogP contribution in [0.2, 0.25) is 5.02 Å². The molecule has 164 valence electrons. The van der Waals surface area contributed by atoms with E-state index in [4.69, 9.17) is 16.3 Å². The maximum atomic E-state index is 12.8. The molecule has 0 saturated heterocycles. The van der Waals surface area contributed by atoms with Crippen molar-refractivity contribution in [3.63, 3.8) is 0 Å². The van der Waals surface area contributed by atoms with Crippen molar-refractivity contribution in [1.29, 1.82) is 0 Å². The Hall–Kier alpha value is -2.20. The molecule has 1 amide bonds. The lowest BCUT2D eigenvalue weighted by Crippen LogP contribution is -2.34. The van der Waals surface area contributed by atoms with Crippen molar-refractivity contribution >= 4 is 50.9 Å². The molecule has 2 heterocycles. The second-order valence-corrected chi connectivity index (χ2v) is 10.9. The zero-order chi connectivity index (χ0) is 22.2. The first kappa shape index (κ1) is 22.0. The maximum absolute atomic E-state index is 12.8. The Morgan fingerprint density at radius 1 is 1.26 bits per heavy atom. The second-order valence-electron chi connectivity index (χ2n) is 7.45. The molecule has 1 aromatic heterocycles. The molecule has 1 fully saturated rings. The molecule has 0 unspecified atom stereocenters. The fourth-order valence-electron chi connectivity index (χ4n) is 3.39. The SMILES string of the molecule is COC(=O)c1c(S(=O)(=O)NC2CC2)sc2c1CCN(C(=O)/C=C/c1ccc(Cl)cc1)C2. The van der Waals surface area contributed by atoms with Crippen molar-refractivity contribution in [2.75, 3.05) is 13.7 Å². The molecule has 1 aliphatic heterocycles. The summed E-state index contributed by atoms with van der Waals surface area (Å²) in [6.45, 7) is 0.625. The normalized spacial score (nSPS) is 16.4. The molecular formula is C21H21ClN2O5S2. The predicted molar refractivity (Wildman–Crippen MR) is 119 cm³/mol. The summed E-state index contributed by atoms with van der Waals surface area (Å²) < 4.78 is 33.1. The van der Waals surface area contributed by atoms with Gasteiger partial charge in [0.05, 0.1) is 19.2 Å². The van der Waals surface area contributed by atoms with Gasteiger partial charge in [0.15, 0.2) is 0 Å². The molecule has 31 heavy (non-hydrogen) atoms. The molecule has 10 heteroatoms. The van der Waals surface area contributed by atoms with Crippen molar-refractivity contribution in [1.82, 2.24) is 9.62 Å². The Balaban J connectivity index is 1.57. The van der Waals surface area contributed by atoms with E-state index in [2.05, 4.69) is 4.72 Å². The van der Waals surface area contributed by atoms with Crippen LogP contribution in [0.1, 0.15) is 39.2 Å². The van der Waals surface area contributed by atoms with Gasteiger partial charge in [-0.15, -0.1) is 11.3 Å². The largest absolute Gasteiger partial charge is 0.465 e. The number of rotatable bonds is 6. The van der Waals surface area contributed by atoms with Gasteiger partial charge in [-0.3, -0.25) is 4.79 Å². The van der Waals surface area contributed by atoms with E-state index in [1.165, 1.54) is 13.2 Å². The molecular weight excluding hydrogens is 460 g/mol. The number of nitrogens with zero attached hydrogens (tertiary/aromatic N) is 1. The Labute approximate surface area is 189 Å². The summed E-state index contributed by atoms with van der Waals surface area (Å²) in [5.41, 5.74) is 1.59. The number of fused-ring (bicyclic) bond motifs is 1. The van der Waals surface area contributed by atoms with E-state index < -0.39 is 16.0 Å². The summed E-state index contributed by atoms with van der Waals surface area (Å²) >= 11 is 6.91. The number of halogens is 1. The van der Waals surface area contributed by atoms with E-state index in [0.29, 0.717) is 28.4 Å². The summed E-state index contributed by atoms with van der Waals surface area (Å²) in [5.74, 6) is -0.856. The number of esters is 1. The maximum Gasteiger partial charge on any atom is 0.340 e. The highest BCUT2D eigenvalue weighted by Gasteiger charge is 2.37. The number of methoxy groups -OCH3 is 1. The zero-order valence-corrected chi connectivity index (χ0v) is 19.1. The number of thiophene rings is 1.